The Morgan fingerprint density at radius 1 is 1.00 bits per heavy atom. The fraction of sp³-hybridized carbons (Fsp3) is 0.300. The number of methoxy groups -OCH3 is 2. The van der Waals surface area contributed by atoms with Crippen molar-refractivity contribution in [2.45, 2.75) is 25.6 Å². The second kappa shape index (κ2) is 6.87. The third-order valence-electron chi connectivity index (χ3n) is 4.12. The molecule has 0 aromatic heterocycles. The van der Waals surface area contributed by atoms with E-state index in [9.17, 15) is 0 Å². The van der Waals surface area contributed by atoms with Crippen molar-refractivity contribution >= 4 is 0 Å². The second-order valence-electron chi connectivity index (χ2n) is 5.75. The molecular formula is C20H22O4. The van der Waals surface area contributed by atoms with Gasteiger partial charge >= 0.3 is 0 Å². The van der Waals surface area contributed by atoms with Crippen molar-refractivity contribution in [2.24, 2.45) is 0 Å². The van der Waals surface area contributed by atoms with E-state index in [1.54, 1.807) is 14.2 Å². The van der Waals surface area contributed by atoms with Gasteiger partial charge in [-0.3, -0.25) is 0 Å². The van der Waals surface area contributed by atoms with Gasteiger partial charge in [-0.2, -0.15) is 0 Å². The summed E-state index contributed by atoms with van der Waals surface area (Å²) in [5, 5.41) is 0. The molecule has 2 unspecified atom stereocenters. The molecule has 4 nitrogen and oxygen atoms in total. The predicted molar refractivity (Wildman–Crippen MR) is 93.3 cm³/mol. The highest BCUT2D eigenvalue weighted by atomic mass is 16.6. The van der Waals surface area contributed by atoms with Crippen LogP contribution in [0.3, 0.4) is 0 Å². The summed E-state index contributed by atoms with van der Waals surface area (Å²) in [7, 11) is 3.25. The monoisotopic (exact) mass is 326 g/mol. The Morgan fingerprint density at radius 2 is 1.79 bits per heavy atom. The van der Waals surface area contributed by atoms with Gasteiger partial charge in [0.2, 0.25) is 0 Å². The summed E-state index contributed by atoms with van der Waals surface area (Å²) >= 11 is 0. The average Bonchev–Trinajstić information content (AvgIpc) is 2.61. The minimum absolute atomic E-state index is 0.110. The van der Waals surface area contributed by atoms with Gasteiger partial charge in [0.1, 0.15) is 6.10 Å². The van der Waals surface area contributed by atoms with Gasteiger partial charge < -0.3 is 18.9 Å². The third-order valence-corrected chi connectivity index (χ3v) is 4.12. The first-order chi connectivity index (χ1) is 11.7. The Labute approximate surface area is 142 Å². The van der Waals surface area contributed by atoms with Gasteiger partial charge in [-0.05, 0) is 43.2 Å². The van der Waals surface area contributed by atoms with E-state index in [1.807, 2.05) is 49.4 Å². The molecule has 0 radical (unpaired) electrons. The van der Waals surface area contributed by atoms with E-state index in [-0.39, 0.29) is 12.2 Å². The fourth-order valence-electron chi connectivity index (χ4n) is 2.90. The minimum Gasteiger partial charge on any atom is -0.493 e. The third kappa shape index (κ3) is 3.04. The molecule has 0 amide bonds. The Balaban J connectivity index is 1.92. The van der Waals surface area contributed by atoms with Gasteiger partial charge in [0, 0.05) is 5.56 Å². The standard InChI is InChI=1S/C20H22O4/c1-5-6-14-7-9-17-19(11-14)24-20(13(2)23-17)15-8-10-16(21-3)18(12-15)22-4/h5,7-13,20H,1,6H2,2-4H3. The molecule has 0 N–H and O–H groups in total. The Bertz CT molecular complexity index is 738. The van der Waals surface area contributed by atoms with Crippen LogP contribution in [0.2, 0.25) is 0 Å². The van der Waals surface area contributed by atoms with Crippen LogP contribution in [0.4, 0.5) is 0 Å². The summed E-state index contributed by atoms with van der Waals surface area (Å²) < 4.78 is 23.0. The maximum atomic E-state index is 6.23. The maximum Gasteiger partial charge on any atom is 0.162 e. The van der Waals surface area contributed by atoms with Crippen LogP contribution in [0, 0.1) is 0 Å². The lowest BCUT2D eigenvalue weighted by Gasteiger charge is -2.32. The van der Waals surface area contributed by atoms with E-state index in [2.05, 4.69) is 6.58 Å². The molecule has 0 saturated heterocycles. The van der Waals surface area contributed by atoms with Crippen molar-refractivity contribution in [3.8, 4) is 23.0 Å². The first kappa shape index (κ1) is 16.2. The maximum absolute atomic E-state index is 6.23. The molecule has 0 saturated carbocycles. The highest BCUT2D eigenvalue weighted by Gasteiger charge is 2.30. The SMILES string of the molecule is C=CCc1ccc2c(c1)OC(c1ccc(OC)c(OC)c1)C(C)O2. The van der Waals surface area contributed by atoms with Gasteiger partial charge in [-0.1, -0.05) is 18.2 Å². The summed E-state index contributed by atoms with van der Waals surface area (Å²) in [5.74, 6) is 2.90. The zero-order valence-corrected chi connectivity index (χ0v) is 14.2. The predicted octanol–water partition coefficient (Wildman–Crippen LogP) is 4.33. The Hall–Kier alpha value is -2.62. The second-order valence-corrected chi connectivity index (χ2v) is 5.75. The summed E-state index contributed by atoms with van der Waals surface area (Å²) in [5.41, 5.74) is 2.13. The van der Waals surface area contributed by atoms with Gasteiger partial charge in [0.15, 0.2) is 29.1 Å². The van der Waals surface area contributed by atoms with Gasteiger partial charge in [0.05, 0.1) is 14.2 Å². The zero-order chi connectivity index (χ0) is 17.1. The number of fused-ring (bicyclic) bond motifs is 1. The first-order valence-electron chi connectivity index (χ1n) is 7.95. The van der Waals surface area contributed by atoms with Gasteiger partial charge in [-0.25, -0.2) is 0 Å². The van der Waals surface area contributed by atoms with Crippen LogP contribution in [-0.2, 0) is 6.42 Å². The molecule has 2 aromatic carbocycles. The van der Waals surface area contributed by atoms with Gasteiger partial charge in [-0.15, -0.1) is 6.58 Å². The van der Waals surface area contributed by atoms with Crippen molar-refractivity contribution in [3.05, 3.63) is 60.2 Å². The fourth-order valence-corrected chi connectivity index (χ4v) is 2.90. The van der Waals surface area contributed by atoms with E-state index >= 15 is 0 Å². The molecule has 4 heteroatoms. The molecule has 0 bridgehead atoms. The molecule has 0 spiro atoms. The molecule has 0 fully saturated rings. The number of ether oxygens (including phenoxy) is 4. The molecule has 2 atom stereocenters. The molecule has 0 aliphatic carbocycles. The largest absolute Gasteiger partial charge is 0.493 e. The number of hydrogen-bond acceptors (Lipinski definition) is 4. The van der Waals surface area contributed by atoms with E-state index in [0.29, 0.717) is 11.5 Å². The topological polar surface area (TPSA) is 36.9 Å². The highest BCUT2D eigenvalue weighted by Crippen LogP contribution is 2.41. The average molecular weight is 326 g/mol. The summed E-state index contributed by atoms with van der Waals surface area (Å²) in [4.78, 5) is 0. The Kier molecular flexibility index (Phi) is 4.65. The van der Waals surface area contributed by atoms with Crippen molar-refractivity contribution in [1.29, 1.82) is 0 Å². The van der Waals surface area contributed by atoms with Crippen molar-refractivity contribution in [1.82, 2.24) is 0 Å². The minimum atomic E-state index is -0.212. The molecule has 126 valence electrons. The molecular weight excluding hydrogens is 304 g/mol. The van der Waals surface area contributed by atoms with E-state index in [0.717, 1.165) is 29.0 Å². The van der Waals surface area contributed by atoms with Gasteiger partial charge in [0.25, 0.3) is 0 Å². The van der Waals surface area contributed by atoms with Crippen molar-refractivity contribution < 1.29 is 18.9 Å². The molecule has 1 heterocycles. The van der Waals surface area contributed by atoms with Crippen molar-refractivity contribution in [3.63, 3.8) is 0 Å². The first-order valence-corrected chi connectivity index (χ1v) is 7.95. The summed E-state index contributed by atoms with van der Waals surface area (Å²) in [6.45, 7) is 5.78. The van der Waals surface area contributed by atoms with Crippen LogP contribution < -0.4 is 18.9 Å². The summed E-state index contributed by atoms with van der Waals surface area (Å²) in [6, 6.07) is 11.8. The molecule has 1 aliphatic heterocycles. The number of hydrogen-bond donors (Lipinski definition) is 0. The molecule has 1 aliphatic rings. The van der Waals surface area contributed by atoms with E-state index in [4.69, 9.17) is 18.9 Å². The molecule has 3 rings (SSSR count). The van der Waals surface area contributed by atoms with Crippen LogP contribution in [0.1, 0.15) is 24.2 Å². The quantitative estimate of drug-likeness (QED) is 0.766. The van der Waals surface area contributed by atoms with Crippen LogP contribution in [0.5, 0.6) is 23.0 Å². The molecule has 24 heavy (non-hydrogen) atoms. The van der Waals surface area contributed by atoms with Crippen LogP contribution >= 0.6 is 0 Å². The van der Waals surface area contributed by atoms with Crippen LogP contribution in [0.15, 0.2) is 49.1 Å². The van der Waals surface area contributed by atoms with E-state index < -0.39 is 0 Å². The van der Waals surface area contributed by atoms with Crippen molar-refractivity contribution in [2.75, 3.05) is 14.2 Å². The molecule has 2 aromatic rings. The van der Waals surface area contributed by atoms with Crippen LogP contribution in [-0.4, -0.2) is 20.3 Å². The van der Waals surface area contributed by atoms with E-state index in [1.165, 1.54) is 0 Å². The summed E-state index contributed by atoms with van der Waals surface area (Å²) in [6.07, 6.45) is 2.35. The number of benzene rings is 2. The number of allylic oxidation sites excluding steroid dienone is 1. The lowest BCUT2D eigenvalue weighted by molar-refractivity contribution is 0.0304. The van der Waals surface area contributed by atoms with Crippen LogP contribution in [0.25, 0.3) is 0 Å². The Morgan fingerprint density at radius 3 is 2.50 bits per heavy atom. The lowest BCUT2D eigenvalue weighted by atomic mass is 10.0. The number of rotatable bonds is 5. The smallest absolute Gasteiger partial charge is 0.162 e. The zero-order valence-electron chi connectivity index (χ0n) is 14.2. The lowest BCUT2D eigenvalue weighted by Crippen LogP contribution is -2.30. The normalized spacial score (nSPS) is 18.8. The highest BCUT2D eigenvalue weighted by molar-refractivity contribution is 5.47.